The van der Waals surface area contributed by atoms with Crippen LogP contribution in [-0.4, -0.2) is 115 Å². The van der Waals surface area contributed by atoms with Gasteiger partial charge in [-0.1, -0.05) is 10.4 Å². The molecule has 2 aliphatic rings. The average Bonchev–Trinajstić information content (AvgIpc) is 3.78. The predicted octanol–water partition coefficient (Wildman–Crippen LogP) is -0.948. The molecule has 0 bridgehead atoms. The van der Waals surface area contributed by atoms with E-state index in [2.05, 4.69) is 46.0 Å². The Morgan fingerprint density at radius 1 is 1.26 bits per heavy atom. The number of tetrazole rings is 1. The first kappa shape index (κ1) is 28.6. The van der Waals surface area contributed by atoms with E-state index < -0.39 is 27.9 Å². The van der Waals surface area contributed by atoms with Crippen LogP contribution in [0.2, 0.25) is 0 Å². The molecule has 1 aromatic carbocycles. The van der Waals surface area contributed by atoms with Crippen molar-refractivity contribution in [2.45, 2.75) is 30.6 Å². The maximum atomic E-state index is 13.8. The monoisotopic (exact) mass is 628 g/mol. The average molecular weight is 629 g/mol. The Hall–Kier alpha value is -4.46. The number of fused-ring (bicyclic) bond motifs is 2. The number of aromatic amines is 2. The van der Waals surface area contributed by atoms with E-state index in [-0.39, 0.29) is 47.9 Å². The number of benzene rings is 1. The minimum atomic E-state index is -4.12. The highest BCUT2D eigenvalue weighted by molar-refractivity contribution is 7.89. The zero-order valence-electron chi connectivity index (χ0n) is 22.9. The number of sulfonamides is 1. The second-order valence-corrected chi connectivity index (χ2v) is 13.2. The lowest BCUT2D eigenvalue weighted by Gasteiger charge is -2.39. The summed E-state index contributed by atoms with van der Waals surface area (Å²) in [6.45, 7) is 1.09. The first-order valence-corrected chi connectivity index (χ1v) is 15.5. The number of thiazole rings is 1. The number of carbonyl (C=O) groups is 2. The first-order valence-electron chi connectivity index (χ1n) is 13.2. The van der Waals surface area contributed by atoms with Gasteiger partial charge in [-0.2, -0.15) is 9.52 Å². The van der Waals surface area contributed by atoms with Gasteiger partial charge in [0, 0.05) is 60.5 Å². The van der Waals surface area contributed by atoms with Gasteiger partial charge in [0.05, 0.1) is 12.2 Å². The van der Waals surface area contributed by atoms with Gasteiger partial charge in [-0.3, -0.25) is 9.59 Å². The molecule has 0 aliphatic carbocycles. The molecule has 226 valence electrons. The second-order valence-electron chi connectivity index (χ2n) is 10.2. The van der Waals surface area contributed by atoms with Crippen molar-refractivity contribution in [2.75, 3.05) is 33.2 Å². The van der Waals surface area contributed by atoms with Crippen molar-refractivity contribution in [1.82, 2.24) is 50.0 Å². The summed E-state index contributed by atoms with van der Waals surface area (Å²) in [4.78, 5) is 39.2. The minimum Gasteiger partial charge on any atom is -0.409 e. The van der Waals surface area contributed by atoms with Gasteiger partial charge in [-0.25, -0.2) is 13.4 Å². The lowest BCUT2D eigenvalue weighted by molar-refractivity contribution is -0.127. The van der Waals surface area contributed by atoms with Gasteiger partial charge < -0.3 is 31.0 Å². The summed E-state index contributed by atoms with van der Waals surface area (Å²) in [7, 11) is -2.12. The third kappa shape index (κ3) is 5.54. The zero-order valence-corrected chi connectivity index (χ0v) is 24.5. The van der Waals surface area contributed by atoms with Crippen LogP contribution in [0.25, 0.3) is 10.9 Å². The van der Waals surface area contributed by atoms with Crippen molar-refractivity contribution < 1.29 is 23.2 Å². The summed E-state index contributed by atoms with van der Waals surface area (Å²) in [5.41, 5.74) is 7.50. The van der Waals surface area contributed by atoms with Crippen LogP contribution >= 0.6 is 11.3 Å². The van der Waals surface area contributed by atoms with Crippen LogP contribution in [-0.2, 0) is 34.3 Å². The molecular weight excluding hydrogens is 600 g/mol. The number of oxime groups is 1. The molecule has 5 heterocycles. The van der Waals surface area contributed by atoms with Crippen LogP contribution in [0.1, 0.15) is 31.8 Å². The Morgan fingerprint density at radius 2 is 2.09 bits per heavy atom. The highest BCUT2D eigenvalue weighted by Gasteiger charge is 2.41. The molecule has 0 spiro atoms. The van der Waals surface area contributed by atoms with Gasteiger partial charge in [-0.15, -0.1) is 21.5 Å². The van der Waals surface area contributed by atoms with Crippen molar-refractivity contribution in [1.29, 1.82) is 0 Å². The summed E-state index contributed by atoms with van der Waals surface area (Å²) in [6.07, 6.45) is 0.724. The smallest absolute Gasteiger partial charge is 0.283 e. The van der Waals surface area contributed by atoms with Crippen molar-refractivity contribution in [3.8, 4) is 0 Å². The van der Waals surface area contributed by atoms with Gasteiger partial charge in [0.15, 0.2) is 16.7 Å². The van der Waals surface area contributed by atoms with E-state index in [1.54, 1.807) is 18.2 Å². The Bertz CT molecular complexity index is 1820. The quantitative estimate of drug-likeness (QED) is 0.0725. The normalized spacial score (nSPS) is 18.6. The van der Waals surface area contributed by atoms with Crippen LogP contribution < -0.4 is 11.1 Å². The molecule has 1 fully saturated rings. The molecule has 1 saturated heterocycles. The number of nitrogens with one attached hydrogen (secondary N) is 3. The number of carbonyl (C=O) groups excluding carboxylic acids is 2. The van der Waals surface area contributed by atoms with E-state index in [0.29, 0.717) is 23.0 Å². The molecule has 4 aromatic rings. The fourth-order valence-corrected chi connectivity index (χ4v) is 7.72. The number of likely N-dealkylation sites (N-methyl/N-ethyl adjacent to an activating group) is 1. The Balaban J connectivity index is 1.27. The van der Waals surface area contributed by atoms with Gasteiger partial charge >= 0.3 is 0 Å². The number of hydrogen-bond donors (Lipinski definition) is 5. The third-order valence-electron chi connectivity index (χ3n) is 7.44. The number of H-pyrrole nitrogens is 2. The molecule has 3 aromatic heterocycles. The van der Waals surface area contributed by atoms with E-state index in [4.69, 9.17) is 10.9 Å². The van der Waals surface area contributed by atoms with E-state index in [9.17, 15) is 18.0 Å². The van der Waals surface area contributed by atoms with Gasteiger partial charge in [0.25, 0.3) is 15.9 Å². The molecular formula is C24H28N12O5S2. The van der Waals surface area contributed by atoms with Gasteiger partial charge in [-0.05, 0) is 31.3 Å². The standard InChI is InChI=1S/C24H28N12O5S2/c1-34-5-4-16-18(12-34)42-23(28-16)24(38)36-7-6-35(11-17(36)22(37)26-10-19-29-32-33-30-19)43(40,41)20-9-14-8-13(21(25)31-39)2-3-15(14)27-20/h2-3,8-9,17,27,39H,4-7,10-12H2,1H3,(H2,25,31)(H,26,37)(H,29,30,32,33). The van der Waals surface area contributed by atoms with Crippen molar-refractivity contribution in [3.63, 3.8) is 0 Å². The molecule has 0 radical (unpaired) electrons. The van der Waals surface area contributed by atoms with Gasteiger partial charge in [0.2, 0.25) is 5.91 Å². The van der Waals surface area contributed by atoms with Gasteiger partial charge in [0.1, 0.15) is 11.1 Å². The third-order valence-corrected chi connectivity index (χ3v) is 10.3. The molecule has 6 rings (SSSR count). The molecule has 0 saturated carbocycles. The SMILES string of the molecule is CN1CCc2nc(C(=O)N3CCN(S(=O)(=O)c4cc5cc(C(N)=NO)ccc5[nH]4)CC3C(=O)NCc3nn[nH]n3)sc2C1. The number of piperazine rings is 1. The fourth-order valence-electron chi connectivity index (χ4n) is 5.12. The highest BCUT2D eigenvalue weighted by Crippen LogP contribution is 2.28. The first-order chi connectivity index (χ1) is 20.6. The minimum absolute atomic E-state index is 0.0314. The van der Waals surface area contributed by atoms with E-state index in [0.717, 1.165) is 23.5 Å². The highest BCUT2D eigenvalue weighted by atomic mass is 32.2. The Labute approximate surface area is 248 Å². The lowest BCUT2D eigenvalue weighted by Crippen LogP contribution is -2.61. The van der Waals surface area contributed by atoms with E-state index in [1.807, 2.05) is 7.05 Å². The molecule has 1 atom stereocenters. The summed E-state index contributed by atoms with van der Waals surface area (Å²) < 4.78 is 28.7. The number of amides is 2. The van der Waals surface area contributed by atoms with E-state index in [1.165, 1.54) is 26.6 Å². The summed E-state index contributed by atoms with van der Waals surface area (Å²) in [5, 5.41) is 28.8. The van der Waals surface area contributed by atoms with Crippen LogP contribution in [0, 0.1) is 0 Å². The topological polar surface area (TPSA) is 232 Å². The number of amidine groups is 1. The van der Waals surface area contributed by atoms with E-state index >= 15 is 0 Å². The second kappa shape index (κ2) is 11.3. The molecule has 1 unspecified atom stereocenters. The number of nitrogens with zero attached hydrogens (tertiary/aromatic N) is 8. The molecule has 6 N–H and O–H groups in total. The molecule has 19 heteroatoms. The number of hydrogen-bond acceptors (Lipinski definition) is 12. The largest absolute Gasteiger partial charge is 0.409 e. The summed E-state index contributed by atoms with van der Waals surface area (Å²) >= 11 is 1.30. The molecule has 2 aliphatic heterocycles. The van der Waals surface area contributed by atoms with Crippen molar-refractivity contribution >= 4 is 49.9 Å². The summed E-state index contributed by atoms with van der Waals surface area (Å²) in [6, 6.07) is 5.10. The van der Waals surface area contributed by atoms with Crippen LogP contribution in [0.4, 0.5) is 0 Å². The summed E-state index contributed by atoms with van der Waals surface area (Å²) in [5.74, 6) is -0.886. The number of nitrogens with two attached hydrogens (primary N) is 1. The fraction of sp³-hybridized carbons (Fsp3) is 0.375. The predicted molar refractivity (Wildman–Crippen MR) is 153 cm³/mol. The molecule has 2 amide bonds. The number of rotatable bonds is 7. The maximum Gasteiger partial charge on any atom is 0.283 e. The van der Waals surface area contributed by atoms with Crippen LogP contribution in [0.5, 0.6) is 0 Å². The van der Waals surface area contributed by atoms with Crippen molar-refractivity contribution in [3.05, 3.63) is 51.2 Å². The van der Waals surface area contributed by atoms with Crippen LogP contribution in [0.3, 0.4) is 0 Å². The maximum absolute atomic E-state index is 13.8. The molecule has 17 nitrogen and oxygen atoms in total. The Kier molecular flexibility index (Phi) is 7.54. The molecule has 43 heavy (non-hydrogen) atoms. The Morgan fingerprint density at radius 3 is 2.86 bits per heavy atom. The zero-order chi connectivity index (χ0) is 30.3. The number of aromatic nitrogens is 6. The van der Waals surface area contributed by atoms with Crippen molar-refractivity contribution in [2.24, 2.45) is 10.9 Å². The van der Waals surface area contributed by atoms with Crippen LogP contribution in [0.15, 0.2) is 34.4 Å². The lowest BCUT2D eigenvalue weighted by atomic mass is 10.1.